The van der Waals surface area contributed by atoms with Gasteiger partial charge in [-0.1, -0.05) is 36.8 Å². The number of amides is 1. The Morgan fingerprint density at radius 2 is 1.84 bits per heavy atom. The van der Waals surface area contributed by atoms with E-state index in [0.29, 0.717) is 17.4 Å². The number of nitrogens with one attached hydrogen (secondary N) is 2. The molecule has 0 radical (unpaired) electrons. The van der Waals surface area contributed by atoms with Crippen molar-refractivity contribution in [1.29, 1.82) is 0 Å². The Morgan fingerprint density at radius 1 is 1.24 bits per heavy atom. The summed E-state index contributed by atoms with van der Waals surface area (Å²) in [4.78, 5) is 16.3. The number of likely N-dealkylation sites (N-methyl/N-ethyl adjacent to an activating group) is 1. The average Bonchev–Trinajstić information content (AvgIpc) is 2.53. The van der Waals surface area contributed by atoms with Gasteiger partial charge in [-0.3, -0.25) is 9.79 Å². The number of aliphatic imine (C=N–C) groups is 1. The molecule has 0 spiro atoms. The predicted molar refractivity (Wildman–Crippen MR) is 92.7 cm³/mol. The van der Waals surface area contributed by atoms with Gasteiger partial charge in [0.25, 0.3) is 0 Å². The van der Waals surface area contributed by atoms with Crippen LogP contribution in [0.3, 0.4) is 0 Å². The third-order valence-corrected chi connectivity index (χ3v) is 3.69. The molecule has 5 nitrogen and oxygen atoms in total. The molecule has 140 valence electrons. The number of guanidine groups is 1. The number of hydrogen-bond acceptors (Lipinski definition) is 2. The molecule has 0 fully saturated rings. The van der Waals surface area contributed by atoms with Crippen molar-refractivity contribution in [3.05, 3.63) is 35.4 Å². The minimum Gasteiger partial charge on any atom is -0.356 e. The zero-order valence-corrected chi connectivity index (χ0v) is 14.9. The maximum Gasteiger partial charge on any atom is 0.406 e. The standard InChI is InChI=1S/C17H25F3N4O/c1-12-5-7-14(8-6-12)13(2)9-22-16(21-3)23-10-15(25)24(4)11-17(18,19)20/h5-8,13H,9-11H2,1-4H3,(H2,21,22,23). The quantitative estimate of drug-likeness (QED) is 0.606. The van der Waals surface area contributed by atoms with Crippen LogP contribution in [-0.4, -0.2) is 56.7 Å². The summed E-state index contributed by atoms with van der Waals surface area (Å²) in [6, 6.07) is 8.17. The van der Waals surface area contributed by atoms with Crippen LogP contribution in [0.5, 0.6) is 0 Å². The Morgan fingerprint density at radius 3 is 2.36 bits per heavy atom. The van der Waals surface area contributed by atoms with Gasteiger partial charge in [0.1, 0.15) is 6.54 Å². The molecular weight excluding hydrogens is 333 g/mol. The number of benzene rings is 1. The van der Waals surface area contributed by atoms with Gasteiger partial charge in [-0.2, -0.15) is 13.2 Å². The second kappa shape index (κ2) is 9.29. The van der Waals surface area contributed by atoms with E-state index < -0.39 is 18.6 Å². The highest BCUT2D eigenvalue weighted by Crippen LogP contribution is 2.15. The Hall–Kier alpha value is -2.25. The molecule has 0 aliphatic carbocycles. The number of halogens is 3. The van der Waals surface area contributed by atoms with Gasteiger partial charge in [0.2, 0.25) is 5.91 Å². The van der Waals surface area contributed by atoms with Crippen LogP contribution in [0, 0.1) is 6.92 Å². The van der Waals surface area contributed by atoms with Crippen LogP contribution >= 0.6 is 0 Å². The number of rotatable bonds is 6. The van der Waals surface area contributed by atoms with Crippen LogP contribution in [0.4, 0.5) is 13.2 Å². The van der Waals surface area contributed by atoms with Crippen molar-refractivity contribution >= 4 is 11.9 Å². The van der Waals surface area contributed by atoms with Crippen molar-refractivity contribution in [2.75, 3.05) is 33.7 Å². The van der Waals surface area contributed by atoms with Gasteiger partial charge in [-0.05, 0) is 18.4 Å². The normalized spacial score (nSPS) is 13.3. The second-order valence-corrected chi connectivity index (χ2v) is 5.98. The first-order valence-corrected chi connectivity index (χ1v) is 7.94. The van der Waals surface area contributed by atoms with E-state index in [4.69, 9.17) is 0 Å². The van der Waals surface area contributed by atoms with E-state index in [2.05, 4.69) is 15.6 Å². The molecule has 0 saturated heterocycles. The summed E-state index contributed by atoms with van der Waals surface area (Å²) in [5.41, 5.74) is 2.34. The van der Waals surface area contributed by atoms with Crippen molar-refractivity contribution in [1.82, 2.24) is 15.5 Å². The minimum absolute atomic E-state index is 0.211. The first-order valence-electron chi connectivity index (χ1n) is 7.94. The zero-order chi connectivity index (χ0) is 19.0. The first kappa shape index (κ1) is 20.8. The van der Waals surface area contributed by atoms with Gasteiger partial charge in [-0.25, -0.2) is 0 Å². The SMILES string of the molecule is CN=C(NCC(=O)N(C)CC(F)(F)F)NCC(C)c1ccc(C)cc1. The maximum absolute atomic E-state index is 12.3. The number of hydrogen-bond donors (Lipinski definition) is 2. The predicted octanol–water partition coefficient (Wildman–Crippen LogP) is 2.28. The Bertz CT molecular complexity index is 585. The molecule has 0 bridgehead atoms. The molecule has 0 aromatic heterocycles. The third kappa shape index (κ3) is 7.91. The molecular formula is C17H25F3N4O. The monoisotopic (exact) mass is 358 g/mol. The number of aryl methyl sites for hydroxylation is 1. The second-order valence-electron chi connectivity index (χ2n) is 5.98. The van der Waals surface area contributed by atoms with Crippen LogP contribution in [0.25, 0.3) is 0 Å². The summed E-state index contributed by atoms with van der Waals surface area (Å²) >= 11 is 0. The highest BCUT2D eigenvalue weighted by atomic mass is 19.4. The maximum atomic E-state index is 12.3. The van der Waals surface area contributed by atoms with E-state index in [1.54, 1.807) is 0 Å². The van der Waals surface area contributed by atoms with Gasteiger partial charge < -0.3 is 15.5 Å². The van der Waals surface area contributed by atoms with Crippen LogP contribution < -0.4 is 10.6 Å². The molecule has 0 heterocycles. The molecule has 1 aromatic rings. The van der Waals surface area contributed by atoms with E-state index >= 15 is 0 Å². The summed E-state index contributed by atoms with van der Waals surface area (Å²) in [7, 11) is 2.66. The van der Waals surface area contributed by atoms with E-state index in [1.807, 2.05) is 38.1 Å². The molecule has 2 N–H and O–H groups in total. The van der Waals surface area contributed by atoms with Gasteiger partial charge in [-0.15, -0.1) is 0 Å². The van der Waals surface area contributed by atoms with E-state index in [9.17, 15) is 18.0 Å². The number of carbonyl (C=O) groups excluding carboxylic acids is 1. The fraction of sp³-hybridized carbons (Fsp3) is 0.529. The van der Waals surface area contributed by atoms with E-state index in [-0.39, 0.29) is 12.5 Å². The van der Waals surface area contributed by atoms with Gasteiger partial charge in [0.05, 0.1) is 6.54 Å². The van der Waals surface area contributed by atoms with Crippen molar-refractivity contribution in [2.45, 2.75) is 25.9 Å². The molecule has 0 saturated carbocycles. The average molecular weight is 358 g/mol. The fourth-order valence-corrected chi connectivity index (χ4v) is 2.13. The van der Waals surface area contributed by atoms with E-state index in [1.165, 1.54) is 12.6 Å². The lowest BCUT2D eigenvalue weighted by molar-refractivity contribution is -0.157. The largest absolute Gasteiger partial charge is 0.406 e. The molecule has 8 heteroatoms. The van der Waals surface area contributed by atoms with Crippen molar-refractivity contribution in [3.63, 3.8) is 0 Å². The first-order chi connectivity index (χ1) is 11.6. The van der Waals surface area contributed by atoms with Gasteiger partial charge >= 0.3 is 6.18 Å². The summed E-state index contributed by atoms with van der Waals surface area (Å²) in [5.74, 6) is -0.0812. The lowest BCUT2D eigenvalue weighted by Crippen LogP contribution is -2.46. The van der Waals surface area contributed by atoms with Crippen LogP contribution in [-0.2, 0) is 4.79 Å². The molecule has 1 unspecified atom stereocenters. The fourth-order valence-electron chi connectivity index (χ4n) is 2.13. The zero-order valence-electron chi connectivity index (χ0n) is 14.9. The molecule has 1 rings (SSSR count). The minimum atomic E-state index is -4.41. The summed E-state index contributed by atoms with van der Waals surface area (Å²) in [5, 5.41) is 5.80. The topological polar surface area (TPSA) is 56.7 Å². The third-order valence-electron chi connectivity index (χ3n) is 3.69. The van der Waals surface area contributed by atoms with Crippen LogP contribution in [0.1, 0.15) is 24.0 Å². The molecule has 1 atom stereocenters. The number of nitrogens with zero attached hydrogens (tertiary/aromatic N) is 2. The smallest absolute Gasteiger partial charge is 0.356 e. The van der Waals surface area contributed by atoms with Crippen molar-refractivity contribution < 1.29 is 18.0 Å². The molecule has 0 aliphatic heterocycles. The van der Waals surface area contributed by atoms with Crippen molar-refractivity contribution in [2.24, 2.45) is 4.99 Å². The number of carbonyl (C=O) groups is 1. The summed E-state index contributed by atoms with van der Waals surface area (Å²) < 4.78 is 36.8. The highest BCUT2D eigenvalue weighted by Gasteiger charge is 2.31. The van der Waals surface area contributed by atoms with Gasteiger partial charge in [0, 0.05) is 20.6 Å². The van der Waals surface area contributed by atoms with E-state index in [0.717, 1.165) is 12.6 Å². The van der Waals surface area contributed by atoms with Gasteiger partial charge in [0.15, 0.2) is 5.96 Å². The van der Waals surface area contributed by atoms with Crippen molar-refractivity contribution in [3.8, 4) is 0 Å². The van der Waals surface area contributed by atoms with Crippen LogP contribution in [0.15, 0.2) is 29.3 Å². The Balaban J connectivity index is 2.44. The highest BCUT2D eigenvalue weighted by molar-refractivity contribution is 5.86. The summed E-state index contributed by atoms with van der Waals surface area (Å²) in [6.07, 6.45) is -4.41. The Labute approximate surface area is 146 Å². The molecule has 1 amide bonds. The molecule has 1 aromatic carbocycles. The lowest BCUT2D eigenvalue weighted by atomic mass is 10.0. The lowest BCUT2D eigenvalue weighted by Gasteiger charge is -2.20. The Kier molecular flexibility index (Phi) is 7.73. The summed E-state index contributed by atoms with van der Waals surface area (Å²) in [6.45, 7) is 3.11. The molecule has 0 aliphatic rings. The van der Waals surface area contributed by atoms with Crippen LogP contribution in [0.2, 0.25) is 0 Å². The molecule has 25 heavy (non-hydrogen) atoms. The number of alkyl halides is 3.